The van der Waals surface area contributed by atoms with Crippen LogP contribution < -0.4 is 4.74 Å². The molecule has 2 aliphatic rings. The largest absolute Gasteiger partial charge is 0.488 e. The summed E-state index contributed by atoms with van der Waals surface area (Å²) >= 11 is 4.33. The number of hydrogen-bond acceptors (Lipinski definition) is 5. The van der Waals surface area contributed by atoms with Gasteiger partial charge in [0, 0.05) is 23.1 Å². The highest BCUT2D eigenvalue weighted by atomic mass is 79.9. The zero-order chi connectivity index (χ0) is 24.4. The molecular formula is C27H23BrN2O4S. The summed E-state index contributed by atoms with van der Waals surface area (Å²) in [7, 11) is 0. The number of halogens is 1. The Balaban J connectivity index is 1.36. The van der Waals surface area contributed by atoms with Gasteiger partial charge in [-0.25, -0.2) is 0 Å². The molecule has 0 radical (unpaired) electrons. The Morgan fingerprint density at radius 3 is 2.63 bits per heavy atom. The van der Waals surface area contributed by atoms with E-state index in [9.17, 15) is 14.4 Å². The van der Waals surface area contributed by atoms with Crippen LogP contribution in [-0.4, -0.2) is 46.5 Å². The number of rotatable bonds is 6. The molecule has 2 heterocycles. The summed E-state index contributed by atoms with van der Waals surface area (Å²) in [6.07, 6.45) is 3.57. The molecule has 35 heavy (non-hydrogen) atoms. The fraction of sp³-hybridized carbons (Fsp3) is 0.222. The van der Waals surface area contributed by atoms with Crippen molar-refractivity contribution in [3.05, 3.63) is 81.2 Å². The smallest absolute Gasteiger partial charge is 0.294 e. The number of carbonyl (C=O) groups excluding carboxylic acids is 3. The molecule has 2 fully saturated rings. The number of amides is 3. The molecule has 2 aliphatic heterocycles. The van der Waals surface area contributed by atoms with Gasteiger partial charge in [-0.2, -0.15) is 0 Å². The van der Waals surface area contributed by atoms with Crippen LogP contribution in [0.4, 0.5) is 4.79 Å². The molecule has 0 aromatic heterocycles. The molecule has 178 valence electrons. The van der Waals surface area contributed by atoms with Crippen LogP contribution in [0.25, 0.3) is 16.8 Å². The fourth-order valence-corrected chi connectivity index (χ4v) is 5.52. The Morgan fingerprint density at radius 2 is 1.80 bits per heavy atom. The van der Waals surface area contributed by atoms with Crippen molar-refractivity contribution in [2.24, 2.45) is 0 Å². The van der Waals surface area contributed by atoms with Gasteiger partial charge in [0.15, 0.2) is 0 Å². The number of nitrogens with zero attached hydrogens (tertiary/aromatic N) is 2. The van der Waals surface area contributed by atoms with E-state index in [4.69, 9.17) is 4.74 Å². The number of likely N-dealkylation sites (tertiary alicyclic amines) is 1. The highest BCUT2D eigenvalue weighted by molar-refractivity contribution is 9.10. The van der Waals surface area contributed by atoms with E-state index in [0.29, 0.717) is 31.0 Å². The van der Waals surface area contributed by atoms with Crippen molar-refractivity contribution < 1.29 is 19.1 Å². The third-order valence-electron chi connectivity index (χ3n) is 6.15. The first-order valence-electron chi connectivity index (χ1n) is 11.4. The topological polar surface area (TPSA) is 66.9 Å². The number of ether oxygens (including phenoxy) is 1. The monoisotopic (exact) mass is 550 g/mol. The molecule has 8 heteroatoms. The summed E-state index contributed by atoms with van der Waals surface area (Å²) in [6, 6.07) is 19.8. The maximum atomic E-state index is 13.0. The van der Waals surface area contributed by atoms with Gasteiger partial charge in [0.1, 0.15) is 18.9 Å². The maximum Gasteiger partial charge on any atom is 0.294 e. The van der Waals surface area contributed by atoms with Crippen LogP contribution in [0.5, 0.6) is 5.75 Å². The lowest BCUT2D eigenvalue weighted by atomic mass is 10.1. The van der Waals surface area contributed by atoms with Gasteiger partial charge in [0.25, 0.3) is 11.1 Å². The second-order valence-electron chi connectivity index (χ2n) is 8.46. The first-order chi connectivity index (χ1) is 17.0. The molecule has 0 atom stereocenters. The molecule has 0 saturated carbocycles. The van der Waals surface area contributed by atoms with E-state index >= 15 is 0 Å². The van der Waals surface area contributed by atoms with Crippen molar-refractivity contribution in [1.29, 1.82) is 0 Å². The number of hydrogen-bond donors (Lipinski definition) is 0. The van der Waals surface area contributed by atoms with E-state index < -0.39 is 11.1 Å². The minimum Gasteiger partial charge on any atom is -0.488 e. The summed E-state index contributed by atoms with van der Waals surface area (Å²) < 4.78 is 7.00. The van der Waals surface area contributed by atoms with Crippen molar-refractivity contribution >= 4 is 61.6 Å². The number of carbonyl (C=O) groups is 3. The lowest BCUT2D eigenvalue weighted by molar-refractivity contribution is -0.135. The van der Waals surface area contributed by atoms with Gasteiger partial charge in [-0.3, -0.25) is 19.3 Å². The second-order valence-corrected chi connectivity index (χ2v) is 10.4. The normalized spacial score (nSPS) is 17.1. The fourth-order valence-electron chi connectivity index (χ4n) is 4.32. The van der Waals surface area contributed by atoms with Crippen LogP contribution in [0.3, 0.4) is 0 Å². The van der Waals surface area contributed by atoms with Crippen LogP contribution >= 0.6 is 27.7 Å². The summed E-state index contributed by atoms with van der Waals surface area (Å²) in [4.78, 5) is 41.0. The van der Waals surface area contributed by atoms with E-state index in [2.05, 4.69) is 34.1 Å². The van der Waals surface area contributed by atoms with E-state index in [0.717, 1.165) is 50.3 Å². The van der Waals surface area contributed by atoms with Crippen molar-refractivity contribution in [3.63, 3.8) is 0 Å². The third-order valence-corrected chi connectivity index (χ3v) is 7.55. The Labute approximate surface area is 216 Å². The van der Waals surface area contributed by atoms with E-state index in [-0.39, 0.29) is 17.4 Å². The average molecular weight is 551 g/mol. The third kappa shape index (κ3) is 5.13. The van der Waals surface area contributed by atoms with Crippen LogP contribution in [-0.2, 0) is 16.2 Å². The first-order valence-corrected chi connectivity index (χ1v) is 13.0. The lowest BCUT2D eigenvalue weighted by Gasteiger charge is -2.18. The predicted molar refractivity (Wildman–Crippen MR) is 141 cm³/mol. The second kappa shape index (κ2) is 10.3. The summed E-state index contributed by atoms with van der Waals surface area (Å²) in [5, 5.41) is 1.83. The molecular weight excluding hydrogens is 528 g/mol. The number of fused-ring (bicyclic) bond motifs is 1. The Bertz CT molecular complexity index is 1340. The SMILES string of the molecule is O=C(CN1C(=O)S/C(=C\c2cc(Br)ccc2OCc2cccc3ccccc23)C1=O)N1CCCC1. The summed E-state index contributed by atoms with van der Waals surface area (Å²) in [5.74, 6) is -0.0405. The molecule has 0 aliphatic carbocycles. The van der Waals surface area contributed by atoms with E-state index in [1.807, 2.05) is 42.5 Å². The molecule has 3 amide bonds. The van der Waals surface area contributed by atoms with Gasteiger partial charge in [-0.05, 0) is 65.2 Å². The van der Waals surface area contributed by atoms with Crippen LogP contribution in [0.2, 0.25) is 0 Å². The van der Waals surface area contributed by atoms with Gasteiger partial charge < -0.3 is 9.64 Å². The number of imide groups is 1. The van der Waals surface area contributed by atoms with Gasteiger partial charge in [-0.15, -0.1) is 0 Å². The number of benzene rings is 3. The van der Waals surface area contributed by atoms with Crippen LogP contribution in [0.15, 0.2) is 70.0 Å². The Morgan fingerprint density at radius 1 is 1.03 bits per heavy atom. The minimum atomic E-state index is -0.451. The molecule has 0 spiro atoms. The molecule has 2 saturated heterocycles. The van der Waals surface area contributed by atoms with Crippen molar-refractivity contribution in [3.8, 4) is 5.75 Å². The van der Waals surface area contributed by atoms with Crippen molar-refractivity contribution in [2.75, 3.05) is 19.6 Å². The lowest BCUT2D eigenvalue weighted by Crippen LogP contribution is -2.40. The van der Waals surface area contributed by atoms with E-state index in [1.165, 1.54) is 0 Å². The molecule has 3 aromatic carbocycles. The van der Waals surface area contributed by atoms with Crippen molar-refractivity contribution in [1.82, 2.24) is 9.80 Å². The molecule has 0 unspecified atom stereocenters. The maximum absolute atomic E-state index is 13.0. The highest BCUT2D eigenvalue weighted by Gasteiger charge is 2.37. The molecule has 0 bridgehead atoms. The van der Waals surface area contributed by atoms with Gasteiger partial charge in [-0.1, -0.05) is 58.4 Å². The predicted octanol–water partition coefficient (Wildman–Crippen LogP) is 5.84. The molecule has 6 nitrogen and oxygen atoms in total. The number of thioether (sulfide) groups is 1. The van der Waals surface area contributed by atoms with E-state index in [1.54, 1.807) is 11.0 Å². The Hall–Kier alpha value is -3.10. The zero-order valence-electron chi connectivity index (χ0n) is 18.9. The highest BCUT2D eigenvalue weighted by Crippen LogP contribution is 2.35. The van der Waals surface area contributed by atoms with Gasteiger partial charge in [0.2, 0.25) is 5.91 Å². The standard InChI is InChI=1S/C27H23BrN2O4S/c28-21-10-11-23(34-17-19-8-5-7-18-6-1-2-9-22(18)19)20(14-21)15-24-26(32)30(27(33)35-24)16-25(31)29-12-3-4-13-29/h1-2,5-11,14-15H,3-4,12-13,16-17H2/b24-15-. The van der Waals surface area contributed by atoms with Gasteiger partial charge in [0.05, 0.1) is 4.91 Å². The van der Waals surface area contributed by atoms with Crippen molar-refractivity contribution in [2.45, 2.75) is 19.4 Å². The van der Waals surface area contributed by atoms with Crippen LogP contribution in [0, 0.1) is 0 Å². The summed E-state index contributed by atoms with van der Waals surface area (Å²) in [5.41, 5.74) is 1.73. The van der Waals surface area contributed by atoms with Crippen LogP contribution in [0.1, 0.15) is 24.0 Å². The molecule has 5 rings (SSSR count). The molecule has 0 N–H and O–H groups in total. The minimum absolute atomic E-state index is 0.187. The summed E-state index contributed by atoms with van der Waals surface area (Å²) in [6.45, 7) is 1.50. The van der Waals surface area contributed by atoms with Gasteiger partial charge >= 0.3 is 0 Å². The quantitative estimate of drug-likeness (QED) is 0.360. The zero-order valence-corrected chi connectivity index (χ0v) is 21.3. The average Bonchev–Trinajstić information content (AvgIpc) is 3.49. The molecule has 3 aromatic rings. The first kappa shape index (κ1) is 23.6. The Kier molecular flexibility index (Phi) is 6.92.